The maximum Gasteiger partial charge on any atom is 0.306 e. The highest BCUT2D eigenvalue weighted by atomic mass is 16.6. The van der Waals surface area contributed by atoms with Gasteiger partial charge in [0.15, 0.2) is 6.10 Å². The average molecular weight is 1020 g/mol. The Morgan fingerprint density at radius 3 is 0.836 bits per heavy atom. The highest BCUT2D eigenvalue weighted by Gasteiger charge is 2.19. The van der Waals surface area contributed by atoms with Gasteiger partial charge in [0.1, 0.15) is 13.2 Å². The van der Waals surface area contributed by atoms with Crippen LogP contribution in [0.1, 0.15) is 342 Å². The Morgan fingerprint density at radius 1 is 0.288 bits per heavy atom. The van der Waals surface area contributed by atoms with Crippen molar-refractivity contribution in [3.63, 3.8) is 0 Å². The first-order chi connectivity index (χ1) is 36.0. The van der Waals surface area contributed by atoms with Gasteiger partial charge in [-0.3, -0.25) is 14.4 Å². The molecule has 0 aliphatic carbocycles. The van der Waals surface area contributed by atoms with Crippen molar-refractivity contribution in [2.24, 2.45) is 0 Å². The molecule has 0 saturated heterocycles. The lowest BCUT2D eigenvalue weighted by Crippen LogP contribution is -2.30. The molecule has 0 radical (unpaired) electrons. The van der Waals surface area contributed by atoms with Crippen molar-refractivity contribution in [3.05, 3.63) is 48.6 Å². The van der Waals surface area contributed by atoms with E-state index in [-0.39, 0.29) is 31.1 Å². The van der Waals surface area contributed by atoms with Crippen molar-refractivity contribution in [2.75, 3.05) is 13.2 Å². The molecular weight excluding hydrogens is 901 g/mol. The minimum Gasteiger partial charge on any atom is -0.462 e. The van der Waals surface area contributed by atoms with E-state index in [0.717, 1.165) is 83.5 Å². The van der Waals surface area contributed by atoms with Crippen LogP contribution >= 0.6 is 0 Å². The molecule has 0 aromatic rings. The van der Waals surface area contributed by atoms with E-state index >= 15 is 0 Å². The second kappa shape index (κ2) is 61.9. The average Bonchev–Trinajstić information content (AvgIpc) is 3.39. The number of carbonyl (C=O) groups is 3. The number of esters is 3. The van der Waals surface area contributed by atoms with E-state index in [4.69, 9.17) is 14.2 Å². The van der Waals surface area contributed by atoms with Gasteiger partial charge < -0.3 is 14.2 Å². The maximum atomic E-state index is 12.8. The third-order valence-electron chi connectivity index (χ3n) is 14.3. The van der Waals surface area contributed by atoms with Gasteiger partial charge in [0, 0.05) is 19.3 Å². The summed E-state index contributed by atoms with van der Waals surface area (Å²) in [5.41, 5.74) is 0. The lowest BCUT2D eigenvalue weighted by Gasteiger charge is -2.18. The first-order valence-corrected chi connectivity index (χ1v) is 32.1. The monoisotopic (exact) mass is 1020 g/mol. The highest BCUT2D eigenvalue weighted by Crippen LogP contribution is 2.18. The van der Waals surface area contributed by atoms with Crippen LogP contribution in [0, 0.1) is 0 Å². The van der Waals surface area contributed by atoms with Crippen LogP contribution in [-0.4, -0.2) is 37.2 Å². The van der Waals surface area contributed by atoms with Gasteiger partial charge in [-0.1, -0.05) is 313 Å². The molecule has 0 fully saturated rings. The Morgan fingerprint density at radius 2 is 0.534 bits per heavy atom. The van der Waals surface area contributed by atoms with Gasteiger partial charge in [0.05, 0.1) is 0 Å². The molecule has 0 heterocycles. The number of hydrogen-bond acceptors (Lipinski definition) is 6. The Balaban J connectivity index is 3.93. The van der Waals surface area contributed by atoms with Crippen molar-refractivity contribution in [1.29, 1.82) is 0 Å². The molecule has 0 aliphatic heterocycles. The first-order valence-electron chi connectivity index (χ1n) is 32.1. The Kier molecular flexibility index (Phi) is 59.7. The lowest BCUT2D eigenvalue weighted by atomic mass is 10.0. The normalized spacial score (nSPS) is 12.3. The number of ether oxygens (including phenoxy) is 3. The van der Waals surface area contributed by atoms with E-state index in [0.29, 0.717) is 19.3 Å². The topological polar surface area (TPSA) is 78.9 Å². The zero-order valence-electron chi connectivity index (χ0n) is 48.9. The number of rotatable bonds is 59. The Labute approximate surface area is 454 Å². The van der Waals surface area contributed by atoms with Gasteiger partial charge in [-0.05, 0) is 57.8 Å². The molecule has 1 unspecified atom stereocenters. The molecule has 1 atom stereocenters. The summed E-state index contributed by atoms with van der Waals surface area (Å²) in [5.74, 6) is -0.854. The molecule has 0 N–H and O–H groups in total. The first kappa shape index (κ1) is 70.4. The van der Waals surface area contributed by atoms with Crippen molar-refractivity contribution in [3.8, 4) is 0 Å². The smallest absolute Gasteiger partial charge is 0.306 e. The summed E-state index contributed by atoms with van der Waals surface area (Å²) in [6.45, 7) is 6.52. The van der Waals surface area contributed by atoms with Crippen LogP contribution < -0.4 is 0 Å². The summed E-state index contributed by atoms with van der Waals surface area (Å²) in [7, 11) is 0. The minimum atomic E-state index is -0.764. The Bertz CT molecular complexity index is 1270. The second-order valence-electron chi connectivity index (χ2n) is 21.7. The van der Waals surface area contributed by atoms with Gasteiger partial charge in [-0.15, -0.1) is 0 Å². The third kappa shape index (κ3) is 60.1. The van der Waals surface area contributed by atoms with Crippen molar-refractivity contribution < 1.29 is 28.6 Å². The fraction of sp³-hybridized carbons (Fsp3) is 0.836. The van der Waals surface area contributed by atoms with Crippen LogP contribution in [0.25, 0.3) is 0 Å². The zero-order chi connectivity index (χ0) is 52.9. The Hall–Kier alpha value is -2.63. The summed E-state index contributed by atoms with van der Waals surface area (Å²) in [6.07, 6.45) is 77.4. The van der Waals surface area contributed by atoms with Gasteiger partial charge in [-0.25, -0.2) is 0 Å². The van der Waals surface area contributed by atoms with Crippen LogP contribution in [-0.2, 0) is 28.6 Å². The van der Waals surface area contributed by atoms with Crippen LogP contribution in [0.2, 0.25) is 0 Å². The van der Waals surface area contributed by atoms with Crippen LogP contribution in [0.3, 0.4) is 0 Å². The molecular formula is C67H122O6. The molecule has 0 rings (SSSR count). The fourth-order valence-corrected chi connectivity index (χ4v) is 9.56. The molecule has 0 bridgehead atoms. The van der Waals surface area contributed by atoms with E-state index in [1.165, 1.54) is 218 Å². The van der Waals surface area contributed by atoms with E-state index in [1.54, 1.807) is 0 Å². The summed E-state index contributed by atoms with van der Waals surface area (Å²) >= 11 is 0. The van der Waals surface area contributed by atoms with E-state index < -0.39 is 6.10 Å². The zero-order valence-corrected chi connectivity index (χ0v) is 48.9. The molecule has 73 heavy (non-hydrogen) atoms. The lowest BCUT2D eigenvalue weighted by molar-refractivity contribution is -0.167. The highest BCUT2D eigenvalue weighted by molar-refractivity contribution is 5.71. The van der Waals surface area contributed by atoms with E-state index in [2.05, 4.69) is 69.4 Å². The van der Waals surface area contributed by atoms with Crippen molar-refractivity contribution in [1.82, 2.24) is 0 Å². The predicted octanol–water partition coefficient (Wildman–Crippen LogP) is 21.8. The summed E-state index contributed by atoms with van der Waals surface area (Å²) in [5, 5.41) is 0. The quantitative estimate of drug-likeness (QED) is 0.0261. The van der Waals surface area contributed by atoms with E-state index in [9.17, 15) is 14.4 Å². The molecule has 0 saturated carbocycles. The summed E-state index contributed by atoms with van der Waals surface area (Å²) in [4.78, 5) is 37.9. The molecule has 0 spiro atoms. The van der Waals surface area contributed by atoms with Crippen LogP contribution in [0.4, 0.5) is 0 Å². The van der Waals surface area contributed by atoms with Crippen molar-refractivity contribution >= 4 is 17.9 Å². The standard InChI is InChI=1S/C67H122O6/c1-4-7-10-13-16-18-20-22-24-26-27-28-29-30-31-32-33-34-35-36-37-38-39-40-41-42-44-45-47-49-51-54-57-60-66(69)72-63-64(62-71-65(68)59-56-53-15-12-9-6-3)73-67(70)61-58-55-52-50-48-46-43-25-23-21-19-17-14-11-8-5-2/h7,10,16,18,22,24,27-28,64H,4-6,8-9,11-15,17,19-21,23,25-26,29-63H2,1-3H3/b10-7-,18-16-,24-22-,28-27-. The largest absolute Gasteiger partial charge is 0.462 e. The predicted molar refractivity (Wildman–Crippen MR) is 316 cm³/mol. The van der Waals surface area contributed by atoms with E-state index in [1.807, 2.05) is 0 Å². The molecule has 426 valence electrons. The number of unbranched alkanes of at least 4 members (excludes halogenated alkanes) is 40. The van der Waals surface area contributed by atoms with Gasteiger partial charge in [-0.2, -0.15) is 0 Å². The van der Waals surface area contributed by atoms with Gasteiger partial charge in [0.2, 0.25) is 0 Å². The van der Waals surface area contributed by atoms with Crippen LogP contribution in [0.5, 0.6) is 0 Å². The molecule has 6 nitrogen and oxygen atoms in total. The van der Waals surface area contributed by atoms with Crippen molar-refractivity contribution in [2.45, 2.75) is 348 Å². The number of hydrogen-bond donors (Lipinski definition) is 0. The molecule has 6 heteroatoms. The van der Waals surface area contributed by atoms with Gasteiger partial charge >= 0.3 is 17.9 Å². The van der Waals surface area contributed by atoms with Gasteiger partial charge in [0.25, 0.3) is 0 Å². The fourth-order valence-electron chi connectivity index (χ4n) is 9.56. The second-order valence-corrected chi connectivity index (χ2v) is 21.7. The maximum absolute atomic E-state index is 12.8. The molecule has 0 aliphatic rings. The summed E-state index contributed by atoms with van der Waals surface area (Å²) < 4.78 is 16.8. The molecule has 0 aromatic carbocycles. The SMILES string of the molecule is CC/C=C\C/C=C\C/C=C\C/C=C\CCCCCCCCCCCCCCCCCCCCCCC(=O)OCC(COC(=O)CCCCCCCC)OC(=O)CCCCCCCCCCCCCCCCCC. The minimum absolute atomic E-state index is 0.0663. The number of carbonyl (C=O) groups excluding carboxylic acids is 3. The third-order valence-corrected chi connectivity index (χ3v) is 14.3. The molecule has 0 amide bonds. The number of allylic oxidation sites excluding steroid dienone is 8. The summed E-state index contributed by atoms with van der Waals surface area (Å²) in [6, 6.07) is 0. The molecule has 0 aromatic heterocycles. The van der Waals surface area contributed by atoms with Crippen LogP contribution in [0.15, 0.2) is 48.6 Å².